The van der Waals surface area contributed by atoms with Crippen LogP contribution in [0, 0.1) is 6.92 Å². The molecular weight excluding hydrogens is 198 g/mol. The molecule has 4 nitrogen and oxygen atoms in total. The Bertz CT molecular complexity index is 389. The highest BCUT2D eigenvalue weighted by molar-refractivity contribution is 7.07. The Balaban J connectivity index is 2.88. The number of carbonyl (C=O) groups excluding carboxylic acids is 1. The van der Waals surface area contributed by atoms with Gasteiger partial charge in [-0.3, -0.25) is 0 Å². The average Bonchev–Trinajstić information content (AvgIpc) is 2.34. The Morgan fingerprint density at radius 3 is 2.71 bits per heavy atom. The van der Waals surface area contributed by atoms with E-state index in [-0.39, 0.29) is 12.1 Å². The number of nitrogens with zero attached hydrogens (tertiary/aromatic N) is 2. The van der Waals surface area contributed by atoms with Crippen LogP contribution in [0.2, 0.25) is 0 Å². The van der Waals surface area contributed by atoms with Gasteiger partial charge >= 0.3 is 6.03 Å². The summed E-state index contributed by atoms with van der Waals surface area (Å²) in [6, 6.07) is -0.157. The molecule has 1 heterocycles. The fourth-order valence-corrected chi connectivity index (χ4v) is 1.79. The third-order valence-electron chi connectivity index (χ3n) is 1.76. The van der Waals surface area contributed by atoms with Crippen LogP contribution in [0.15, 0.2) is 10.4 Å². The Morgan fingerprint density at radius 2 is 2.29 bits per heavy atom. The summed E-state index contributed by atoms with van der Waals surface area (Å²) < 4.78 is 1.89. The summed E-state index contributed by atoms with van der Waals surface area (Å²) in [6.07, 6.45) is 0. The van der Waals surface area contributed by atoms with E-state index in [0.29, 0.717) is 0 Å². The topological polar surface area (TPSA) is 46.4 Å². The van der Waals surface area contributed by atoms with Crippen LogP contribution >= 0.6 is 11.3 Å². The number of aryl methyl sites for hydroxylation is 1. The van der Waals surface area contributed by atoms with Crippen LogP contribution < -0.4 is 10.1 Å². The monoisotopic (exact) mass is 213 g/mol. The zero-order valence-electron chi connectivity index (χ0n) is 8.87. The van der Waals surface area contributed by atoms with Crippen molar-refractivity contribution in [1.82, 2.24) is 9.88 Å². The summed E-state index contributed by atoms with van der Waals surface area (Å²) in [6.45, 7) is 5.80. The SMILES string of the molecule is Cc1cs/c(=N/C(=O)NC(C)C)n1C. The average molecular weight is 213 g/mol. The highest BCUT2D eigenvalue weighted by Crippen LogP contribution is 1.96. The molecule has 1 N–H and O–H groups in total. The van der Waals surface area contributed by atoms with E-state index < -0.39 is 0 Å². The molecular formula is C9H15N3OS. The van der Waals surface area contributed by atoms with Gasteiger partial charge in [-0.15, -0.1) is 11.3 Å². The van der Waals surface area contributed by atoms with Crippen LogP contribution in [-0.2, 0) is 7.05 Å². The Labute approximate surface area is 87.3 Å². The van der Waals surface area contributed by atoms with E-state index in [1.54, 1.807) is 0 Å². The lowest BCUT2D eigenvalue weighted by molar-refractivity contribution is 0.246. The molecule has 0 saturated carbocycles. The van der Waals surface area contributed by atoms with Gasteiger partial charge in [0.1, 0.15) is 0 Å². The Kier molecular flexibility index (Phi) is 3.46. The number of amides is 2. The Morgan fingerprint density at radius 1 is 1.64 bits per heavy atom. The predicted octanol–water partition coefficient (Wildman–Crippen LogP) is 1.41. The molecule has 0 fully saturated rings. The molecule has 0 aromatic carbocycles. The first kappa shape index (κ1) is 11.0. The third-order valence-corrected chi connectivity index (χ3v) is 2.80. The highest BCUT2D eigenvalue weighted by atomic mass is 32.1. The summed E-state index contributed by atoms with van der Waals surface area (Å²) in [5, 5.41) is 4.69. The number of thiazole rings is 1. The zero-order valence-corrected chi connectivity index (χ0v) is 9.68. The van der Waals surface area contributed by atoms with Gasteiger partial charge in [0.05, 0.1) is 0 Å². The van der Waals surface area contributed by atoms with E-state index in [1.807, 2.05) is 37.8 Å². The van der Waals surface area contributed by atoms with Crippen LogP contribution in [0.1, 0.15) is 19.5 Å². The van der Waals surface area contributed by atoms with E-state index in [9.17, 15) is 4.79 Å². The minimum absolute atomic E-state index is 0.123. The number of nitrogens with one attached hydrogen (secondary N) is 1. The van der Waals surface area contributed by atoms with E-state index in [0.717, 1.165) is 10.5 Å². The second kappa shape index (κ2) is 4.41. The molecule has 0 spiro atoms. The summed E-state index contributed by atoms with van der Waals surface area (Å²) in [4.78, 5) is 16.0. The van der Waals surface area contributed by atoms with Crippen molar-refractivity contribution in [2.45, 2.75) is 26.8 Å². The second-order valence-electron chi connectivity index (χ2n) is 3.43. The molecule has 14 heavy (non-hydrogen) atoms. The van der Waals surface area contributed by atoms with Crippen molar-refractivity contribution >= 4 is 17.4 Å². The van der Waals surface area contributed by atoms with Crippen molar-refractivity contribution in [2.75, 3.05) is 0 Å². The molecule has 0 aliphatic heterocycles. The maximum absolute atomic E-state index is 11.3. The van der Waals surface area contributed by atoms with Crippen LogP contribution in [0.3, 0.4) is 0 Å². The van der Waals surface area contributed by atoms with Crippen molar-refractivity contribution < 1.29 is 4.79 Å². The molecule has 0 radical (unpaired) electrons. The Hall–Kier alpha value is -1.10. The normalized spacial score (nSPS) is 12.2. The molecule has 0 saturated heterocycles. The molecule has 1 rings (SSSR count). The molecule has 1 aromatic heterocycles. The maximum atomic E-state index is 11.3. The van der Waals surface area contributed by atoms with Crippen LogP contribution in [-0.4, -0.2) is 16.6 Å². The molecule has 5 heteroatoms. The predicted molar refractivity (Wildman–Crippen MR) is 57.3 cm³/mol. The molecule has 78 valence electrons. The molecule has 0 aliphatic carbocycles. The van der Waals surface area contributed by atoms with Crippen LogP contribution in [0.5, 0.6) is 0 Å². The lowest BCUT2D eigenvalue weighted by Crippen LogP contribution is -2.29. The van der Waals surface area contributed by atoms with Crippen molar-refractivity contribution in [1.29, 1.82) is 0 Å². The van der Waals surface area contributed by atoms with E-state index in [2.05, 4.69) is 10.3 Å². The molecule has 0 bridgehead atoms. The number of carbonyl (C=O) groups is 1. The lowest BCUT2D eigenvalue weighted by atomic mass is 10.4. The van der Waals surface area contributed by atoms with Gasteiger partial charge in [-0.05, 0) is 20.8 Å². The number of hydrogen-bond donors (Lipinski definition) is 1. The smallest absolute Gasteiger partial charge is 0.334 e. The summed E-state index contributed by atoms with van der Waals surface area (Å²) in [7, 11) is 1.90. The van der Waals surface area contributed by atoms with Gasteiger partial charge in [-0.1, -0.05) is 0 Å². The van der Waals surface area contributed by atoms with Gasteiger partial charge in [0.2, 0.25) is 0 Å². The largest absolute Gasteiger partial charge is 0.343 e. The van der Waals surface area contributed by atoms with Crippen molar-refractivity contribution in [2.24, 2.45) is 12.0 Å². The third kappa shape index (κ3) is 2.70. The summed E-state index contributed by atoms with van der Waals surface area (Å²) >= 11 is 1.47. The highest BCUT2D eigenvalue weighted by Gasteiger charge is 2.01. The zero-order chi connectivity index (χ0) is 10.7. The first-order valence-corrected chi connectivity index (χ1v) is 5.35. The van der Waals surface area contributed by atoms with Gasteiger partial charge in [-0.25, -0.2) is 4.79 Å². The molecule has 1 aromatic rings. The molecule has 0 unspecified atom stereocenters. The quantitative estimate of drug-likeness (QED) is 0.753. The first-order chi connectivity index (χ1) is 6.50. The first-order valence-electron chi connectivity index (χ1n) is 4.47. The van der Waals surface area contributed by atoms with E-state index >= 15 is 0 Å². The molecule has 2 amide bonds. The van der Waals surface area contributed by atoms with Crippen molar-refractivity contribution in [3.63, 3.8) is 0 Å². The van der Waals surface area contributed by atoms with Gasteiger partial charge in [-0.2, -0.15) is 4.99 Å². The fraction of sp³-hybridized carbons (Fsp3) is 0.556. The number of urea groups is 1. The standard InChI is InChI=1S/C9H15N3OS/c1-6(2)10-8(13)11-9-12(4)7(3)5-14-9/h5-6H,1-4H3,(H,10,13)/b11-9+. The van der Waals surface area contributed by atoms with Crippen LogP contribution in [0.4, 0.5) is 4.79 Å². The number of aromatic nitrogens is 1. The van der Waals surface area contributed by atoms with Crippen LogP contribution in [0.25, 0.3) is 0 Å². The minimum Gasteiger partial charge on any atom is -0.334 e. The van der Waals surface area contributed by atoms with E-state index in [1.165, 1.54) is 11.3 Å². The van der Waals surface area contributed by atoms with Gasteiger partial charge < -0.3 is 9.88 Å². The summed E-state index contributed by atoms with van der Waals surface area (Å²) in [5.41, 5.74) is 1.10. The minimum atomic E-state index is -0.280. The molecule has 0 atom stereocenters. The lowest BCUT2D eigenvalue weighted by Gasteiger charge is -2.03. The number of hydrogen-bond acceptors (Lipinski definition) is 2. The molecule has 0 aliphatic rings. The number of rotatable bonds is 1. The maximum Gasteiger partial charge on any atom is 0.343 e. The van der Waals surface area contributed by atoms with Gasteiger partial charge in [0.15, 0.2) is 4.80 Å². The van der Waals surface area contributed by atoms with Crippen molar-refractivity contribution in [3.05, 3.63) is 15.9 Å². The van der Waals surface area contributed by atoms with Gasteiger partial charge in [0.25, 0.3) is 0 Å². The fourth-order valence-electron chi connectivity index (χ4n) is 0.914. The van der Waals surface area contributed by atoms with E-state index in [4.69, 9.17) is 0 Å². The van der Waals surface area contributed by atoms with Gasteiger partial charge in [0, 0.05) is 24.2 Å². The summed E-state index contributed by atoms with van der Waals surface area (Å²) in [5.74, 6) is 0. The second-order valence-corrected chi connectivity index (χ2v) is 4.27. The van der Waals surface area contributed by atoms with Crippen molar-refractivity contribution in [3.8, 4) is 0 Å².